The van der Waals surface area contributed by atoms with E-state index >= 15 is 0 Å². The Morgan fingerprint density at radius 2 is 1.57 bits per heavy atom. The van der Waals surface area contributed by atoms with Gasteiger partial charge in [-0.15, -0.1) is 0 Å². The maximum Gasteiger partial charge on any atom is 0.0992 e. The van der Waals surface area contributed by atoms with Crippen LogP contribution >= 0.6 is 39.1 Å². The molecule has 7 heavy (non-hydrogen) atoms. The molecule has 0 saturated heterocycles. The maximum atomic E-state index is 4.85. The minimum Gasteiger partial charge on any atom is -0.0921 e. The van der Waals surface area contributed by atoms with Crippen molar-refractivity contribution in [3.63, 3.8) is 0 Å². The number of hydrogen-bond donors (Lipinski definition) is 0. The van der Waals surface area contributed by atoms with E-state index in [-0.39, 0.29) is 4.49 Å². The molecule has 0 saturated carbocycles. The molecule has 0 radical (unpaired) electrons. The van der Waals surface area contributed by atoms with E-state index in [0.717, 1.165) is 0 Å². The quantitative estimate of drug-likeness (QED) is 0.566. The van der Waals surface area contributed by atoms with Gasteiger partial charge in [0.05, 0.1) is 4.49 Å². The van der Waals surface area contributed by atoms with Crippen molar-refractivity contribution >= 4 is 39.1 Å². The molecule has 0 aliphatic carbocycles. The standard InChI is InChI=1S/C2H3Br.C2H2Cl2/c1-2-3;1-2(3)4/h2H,1H2;1H2. The molecule has 0 aliphatic heterocycles. The van der Waals surface area contributed by atoms with E-state index in [2.05, 4.69) is 29.1 Å². The van der Waals surface area contributed by atoms with Gasteiger partial charge in [0.2, 0.25) is 0 Å². The van der Waals surface area contributed by atoms with E-state index in [0.29, 0.717) is 0 Å². The number of rotatable bonds is 0. The molecule has 0 N–H and O–H groups in total. The molecule has 3 heteroatoms. The van der Waals surface area contributed by atoms with Crippen molar-refractivity contribution in [1.29, 1.82) is 0 Å². The Labute approximate surface area is 61.9 Å². The van der Waals surface area contributed by atoms with Crippen LogP contribution in [-0.2, 0) is 0 Å². The molecular weight excluding hydrogens is 199 g/mol. The second kappa shape index (κ2) is 9.74. The molecule has 0 fully saturated rings. The lowest BCUT2D eigenvalue weighted by Gasteiger charge is -1.57. The normalized spacial score (nSPS) is 5.57. The van der Waals surface area contributed by atoms with Gasteiger partial charge in [-0.2, -0.15) is 0 Å². The third-order valence-corrected chi connectivity index (χ3v) is 0. The fourth-order valence-electron chi connectivity index (χ4n) is 0. The maximum absolute atomic E-state index is 4.85. The first-order chi connectivity index (χ1) is 3.15. The molecule has 0 aromatic carbocycles. The Balaban J connectivity index is 0. The minimum atomic E-state index is 0.111. The van der Waals surface area contributed by atoms with Crippen molar-refractivity contribution in [3.05, 3.63) is 22.6 Å². The summed E-state index contributed by atoms with van der Waals surface area (Å²) in [4.78, 5) is 1.56. The molecule has 0 spiro atoms. The summed E-state index contributed by atoms with van der Waals surface area (Å²) in [5.41, 5.74) is 0. The fourth-order valence-corrected chi connectivity index (χ4v) is 0. The second-order valence-electron chi connectivity index (χ2n) is 0.493. The van der Waals surface area contributed by atoms with Crippen LogP contribution in [0.2, 0.25) is 0 Å². The Bertz CT molecular complexity index is 56.7. The molecule has 0 heterocycles. The zero-order valence-corrected chi connectivity index (χ0v) is 6.72. The summed E-state index contributed by atoms with van der Waals surface area (Å²) in [5, 5.41) is 0. The third-order valence-electron chi connectivity index (χ3n) is 0. The van der Waals surface area contributed by atoms with Crippen LogP contribution in [0, 0.1) is 0 Å². The average molecular weight is 204 g/mol. The van der Waals surface area contributed by atoms with Crippen LogP contribution < -0.4 is 0 Å². The third kappa shape index (κ3) is 462. The zero-order valence-electron chi connectivity index (χ0n) is 3.63. The smallest absolute Gasteiger partial charge is 0.0921 e. The highest BCUT2D eigenvalue weighted by Gasteiger charge is 1.60. The molecule has 0 aliphatic rings. The summed E-state index contributed by atoms with van der Waals surface area (Å²) >= 11 is 12.6. The molecule has 0 unspecified atom stereocenters. The molecule has 0 nitrogen and oxygen atoms in total. The highest BCUT2D eigenvalue weighted by Crippen LogP contribution is 1.98. The first kappa shape index (κ1) is 10.5. The van der Waals surface area contributed by atoms with Gasteiger partial charge in [-0.1, -0.05) is 52.3 Å². The van der Waals surface area contributed by atoms with Crippen LogP contribution in [0.4, 0.5) is 0 Å². The Morgan fingerprint density at radius 3 is 1.57 bits per heavy atom. The summed E-state index contributed by atoms with van der Waals surface area (Å²) in [6.45, 7) is 6.36. The number of hydrogen-bond acceptors (Lipinski definition) is 0. The lowest BCUT2D eigenvalue weighted by atomic mass is 11.3. The van der Waals surface area contributed by atoms with Crippen molar-refractivity contribution < 1.29 is 0 Å². The van der Waals surface area contributed by atoms with E-state index in [1.807, 2.05) is 0 Å². The predicted molar refractivity (Wildman–Crippen MR) is 40.0 cm³/mol. The first-order valence-electron chi connectivity index (χ1n) is 1.36. The van der Waals surface area contributed by atoms with Crippen LogP contribution in [0.25, 0.3) is 0 Å². The van der Waals surface area contributed by atoms with Gasteiger partial charge in [0.1, 0.15) is 0 Å². The molecule has 0 amide bonds. The lowest BCUT2D eigenvalue weighted by Crippen LogP contribution is -1.24. The fraction of sp³-hybridized carbons (Fsp3) is 0. The molecule has 0 aromatic rings. The van der Waals surface area contributed by atoms with Gasteiger partial charge in [-0.25, -0.2) is 0 Å². The predicted octanol–water partition coefficient (Wildman–Crippen LogP) is 3.46. The van der Waals surface area contributed by atoms with Gasteiger partial charge in [0.25, 0.3) is 0 Å². The Morgan fingerprint density at radius 1 is 1.57 bits per heavy atom. The van der Waals surface area contributed by atoms with E-state index in [1.165, 1.54) is 0 Å². The van der Waals surface area contributed by atoms with Crippen LogP contribution in [0.15, 0.2) is 22.6 Å². The van der Waals surface area contributed by atoms with Crippen LogP contribution in [0.3, 0.4) is 0 Å². The highest BCUT2D eigenvalue weighted by atomic mass is 79.9. The summed E-state index contributed by atoms with van der Waals surface area (Å²) in [5.74, 6) is 0. The van der Waals surface area contributed by atoms with Crippen molar-refractivity contribution in [2.45, 2.75) is 0 Å². The van der Waals surface area contributed by atoms with E-state index in [4.69, 9.17) is 23.2 Å². The van der Waals surface area contributed by atoms with E-state index < -0.39 is 0 Å². The van der Waals surface area contributed by atoms with Gasteiger partial charge in [0.15, 0.2) is 0 Å². The molecule has 42 valence electrons. The Hall–Kier alpha value is 0.540. The van der Waals surface area contributed by atoms with Crippen molar-refractivity contribution in [1.82, 2.24) is 0 Å². The van der Waals surface area contributed by atoms with Gasteiger partial charge < -0.3 is 0 Å². The minimum absolute atomic E-state index is 0.111. The monoisotopic (exact) mass is 202 g/mol. The highest BCUT2D eigenvalue weighted by molar-refractivity contribution is 9.11. The SMILES string of the molecule is C=C(Cl)Cl.C=CBr. The summed E-state index contributed by atoms with van der Waals surface area (Å²) < 4.78 is 0.111. The van der Waals surface area contributed by atoms with Crippen molar-refractivity contribution in [3.8, 4) is 0 Å². The van der Waals surface area contributed by atoms with Crippen molar-refractivity contribution in [2.75, 3.05) is 0 Å². The second-order valence-corrected chi connectivity index (χ2v) is 2.25. The molecule has 0 aromatic heterocycles. The summed E-state index contributed by atoms with van der Waals surface area (Å²) in [6, 6.07) is 0. The Kier molecular flexibility index (Phi) is 14.6. The largest absolute Gasteiger partial charge is 0.0992 e. The molecular formula is C4H5BrCl2. The van der Waals surface area contributed by atoms with Crippen LogP contribution in [-0.4, -0.2) is 0 Å². The van der Waals surface area contributed by atoms with Crippen LogP contribution in [0.5, 0.6) is 0 Å². The van der Waals surface area contributed by atoms with Crippen LogP contribution in [0.1, 0.15) is 0 Å². The molecule has 0 rings (SSSR count). The van der Waals surface area contributed by atoms with E-state index in [9.17, 15) is 0 Å². The van der Waals surface area contributed by atoms with Gasteiger partial charge >= 0.3 is 0 Å². The summed E-state index contributed by atoms with van der Waals surface area (Å²) in [6.07, 6.45) is 0. The average Bonchev–Trinajstić information content (AvgIpc) is 1.33. The number of halogens is 3. The summed E-state index contributed by atoms with van der Waals surface area (Å²) in [7, 11) is 0. The lowest BCUT2D eigenvalue weighted by molar-refractivity contribution is 2.45. The molecule has 0 atom stereocenters. The topological polar surface area (TPSA) is 0 Å². The molecule has 0 bridgehead atoms. The van der Waals surface area contributed by atoms with Gasteiger partial charge in [0, 0.05) is 0 Å². The van der Waals surface area contributed by atoms with Crippen molar-refractivity contribution in [2.24, 2.45) is 0 Å². The first-order valence-corrected chi connectivity index (χ1v) is 3.03. The van der Waals surface area contributed by atoms with Gasteiger partial charge in [-0.3, -0.25) is 0 Å². The van der Waals surface area contributed by atoms with E-state index in [1.54, 1.807) is 4.99 Å². The zero-order chi connectivity index (χ0) is 6.28. The van der Waals surface area contributed by atoms with Gasteiger partial charge in [-0.05, 0) is 4.99 Å².